The molecule has 1 N–H and O–H groups in total. The maximum atomic E-state index is 12.2. The molecule has 1 aromatic rings. The van der Waals surface area contributed by atoms with Crippen molar-refractivity contribution in [1.29, 1.82) is 0 Å². The summed E-state index contributed by atoms with van der Waals surface area (Å²) >= 11 is 0. The molecule has 1 fully saturated rings. The average molecular weight is 407 g/mol. The summed E-state index contributed by atoms with van der Waals surface area (Å²) in [6.07, 6.45) is 0.668. The van der Waals surface area contributed by atoms with E-state index in [4.69, 9.17) is 8.92 Å². The lowest BCUT2D eigenvalue weighted by Gasteiger charge is -2.30. The smallest absolute Gasteiger partial charge is 0.297 e. The van der Waals surface area contributed by atoms with E-state index in [-0.39, 0.29) is 30.3 Å². The predicted molar refractivity (Wildman–Crippen MR) is 97.4 cm³/mol. The van der Waals surface area contributed by atoms with E-state index in [2.05, 4.69) is 4.72 Å². The molecule has 0 radical (unpaired) electrons. The minimum Gasteiger partial charge on any atom is -0.374 e. The van der Waals surface area contributed by atoms with Crippen LogP contribution in [0.2, 0.25) is 0 Å². The SMILES string of the molecule is CCN(C)S(=O)(=O)N[C@@H]1CC[C@@H](COS(=O)(=O)c2ccc(C)cc2)OC1. The standard InChI is InChI=1S/C16H26N2O6S2/c1-4-18(3)26(21,22)17-14-7-8-15(23-11-14)12-24-25(19,20)16-9-5-13(2)6-10-16/h5-6,9-10,14-15,17H,4,7-8,11-12H2,1-3H3/t14-,15+/m1/s1. The first-order valence-corrected chi connectivity index (χ1v) is 11.3. The molecule has 26 heavy (non-hydrogen) atoms. The number of hydrogen-bond acceptors (Lipinski definition) is 6. The van der Waals surface area contributed by atoms with Gasteiger partial charge in [0.2, 0.25) is 0 Å². The summed E-state index contributed by atoms with van der Waals surface area (Å²) in [5.74, 6) is 0. The fourth-order valence-electron chi connectivity index (χ4n) is 2.44. The van der Waals surface area contributed by atoms with Crippen molar-refractivity contribution in [2.24, 2.45) is 0 Å². The molecule has 0 aliphatic carbocycles. The van der Waals surface area contributed by atoms with E-state index >= 15 is 0 Å². The molecule has 2 atom stereocenters. The van der Waals surface area contributed by atoms with Crippen LogP contribution in [0.1, 0.15) is 25.3 Å². The summed E-state index contributed by atoms with van der Waals surface area (Å²) in [5, 5.41) is 0. The van der Waals surface area contributed by atoms with E-state index < -0.39 is 20.3 Å². The number of benzene rings is 1. The Morgan fingerprint density at radius 1 is 1.19 bits per heavy atom. The molecule has 0 unspecified atom stereocenters. The molecule has 1 saturated heterocycles. The average Bonchev–Trinajstić information content (AvgIpc) is 2.60. The van der Waals surface area contributed by atoms with E-state index in [1.54, 1.807) is 19.1 Å². The van der Waals surface area contributed by atoms with Crippen LogP contribution in [0.25, 0.3) is 0 Å². The Morgan fingerprint density at radius 3 is 2.38 bits per heavy atom. The Hall–Kier alpha value is -1.04. The van der Waals surface area contributed by atoms with E-state index in [1.807, 2.05) is 6.92 Å². The summed E-state index contributed by atoms with van der Waals surface area (Å²) < 4.78 is 62.8. The normalized spacial score (nSPS) is 21.8. The van der Waals surface area contributed by atoms with Crippen LogP contribution in [0.4, 0.5) is 0 Å². The van der Waals surface area contributed by atoms with Crippen LogP contribution in [0.3, 0.4) is 0 Å². The number of hydrogen-bond donors (Lipinski definition) is 1. The molecule has 0 spiro atoms. The number of nitrogens with one attached hydrogen (secondary N) is 1. The van der Waals surface area contributed by atoms with Crippen molar-refractivity contribution in [2.75, 3.05) is 26.8 Å². The molecule has 0 saturated carbocycles. The number of aryl methyl sites for hydroxylation is 1. The van der Waals surface area contributed by atoms with Gasteiger partial charge < -0.3 is 4.74 Å². The fourth-order valence-corrected chi connectivity index (χ4v) is 4.50. The molecular weight excluding hydrogens is 380 g/mol. The Labute approximate surface area is 155 Å². The first-order valence-electron chi connectivity index (χ1n) is 8.45. The van der Waals surface area contributed by atoms with Gasteiger partial charge in [-0.1, -0.05) is 24.6 Å². The van der Waals surface area contributed by atoms with Gasteiger partial charge in [-0.25, -0.2) is 0 Å². The van der Waals surface area contributed by atoms with Gasteiger partial charge in [-0.3, -0.25) is 4.18 Å². The third kappa shape index (κ3) is 5.73. The van der Waals surface area contributed by atoms with Crippen molar-refractivity contribution < 1.29 is 25.8 Å². The second-order valence-electron chi connectivity index (χ2n) is 6.32. The Bertz CT molecular complexity index is 785. The topological polar surface area (TPSA) is 102 Å². The molecule has 2 rings (SSSR count). The van der Waals surface area contributed by atoms with Gasteiger partial charge in [0, 0.05) is 19.6 Å². The van der Waals surface area contributed by atoms with Crippen LogP contribution in [0.5, 0.6) is 0 Å². The number of rotatable bonds is 8. The first kappa shape index (κ1) is 21.3. The summed E-state index contributed by atoms with van der Waals surface area (Å²) in [7, 11) is -5.86. The van der Waals surface area contributed by atoms with Crippen molar-refractivity contribution in [3.05, 3.63) is 29.8 Å². The van der Waals surface area contributed by atoms with Crippen molar-refractivity contribution in [3.63, 3.8) is 0 Å². The van der Waals surface area contributed by atoms with Gasteiger partial charge in [-0.15, -0.1) is 0 Å². The lowest BCUT2D eigenvalue weighted by Crippen LogP contribution is -2.48. The second kappa shape index (κ2) is 8.77. The van der Waals surface area contributed by atoms with Crippen LogP contribution in [0.15, 0.2) is 29.2 Å². The van der Waals surface area contributed by atoms with E-state index in [0.29, 0.717) is 19.4 Å². The molecule has 0 amide bonds. The monoisotopic (exact) mass is 406 g/mol. The highest BCUT2D eigenvalue weighted by Crippen LogP contribution is 2.18. The minimum absolute atomic E-state index is 0.0927. The van der Waals surface area contributed by atoms with Crippen molar-refractivity contribution in [2.45, 2.75) is 43.7 Å². The van der Waals surface area contributed by atoms with Crippen LogP contribution >= 0.6 is 0 Å². The highest BCUT2D eigenvalue weighted by molar-refractivity contribution is 7.87. The molecule has 148 valence electrons. The van der Waals surface area contributed by atoms with Gasteiger partial charge >= 0.3 is 0 Å². The van der Waals surface area contributed by atoms with Gasteiger partial charge in [-0.2, -0.15) is 25.9 Å². The lowest BCUT2D eigenvalue weighted by molar-refractivity contribution is -0.0214. The molecule has 1 aliphatic rings. The van der Waals surface area contributed by atoms with Crippen LogP contribution < -0.4 is 4.72 Å². The highest BCUT2D eigenvalue weighted by Gasteiger charge is 2.28. The third-order valence-corrected chi connectivity index (χ3v) is 7.27. The Kier molecular flexibility index (Phi) is 7.17. The molecule has 1 aromatic carbocycles. The number of ether oxygens (including phenoxy) is 1. The Morgan fingerprint density at radius 2 is 1.85 bits per heavy atom. The van der Waals surface area contributed by atoms with Crippen LogP contribution in [-0.2, 0) is 29.2 Å². The van der Waals surface area contributed by atoms with Crippen LogP contribution in [0, 0.1) is 6.92 Å². The van der Waals surface area contributed by atoms with Gasteiger partial charge in [0.1, 0.15) is 0 Å². The van der Waals surface area contributed by atoms with E-state index in [9.17, 15) is 16.8 Å². The quantitative estimate of drug-likeness (QED) is 0.647. The summed E-state index contributed by atoms with van der Waals surface area (Å²) in [6, 6.07) is 6.08. The minimum atomic E-state index is -3.83. The van der Waals surface area contributed by atoms with Gasteiger partial charge in [0.15, 0.2) is 0 Å². The maximum Gasteiger partial charge on any atom is 0.297 e. The van der Waals surface area contributed by atoms with Crippen molar-refractivity contribution in [3.8, 4) is 0 Å². The van der Waals surface area contributed by atoms with Gasteiger partial charge in [0.05, 0.1) is 24.2 Å². The summed E-state index contributed by atoms with van der Waals surface area (Å²) in [6.45, 7) is 4.07. The zero-order valence-electron chi connectivity index (χ0n) is 15.2. The van der Waals surface area contributed by atoms with E-state index in [0.717, 1.165) is 5.56 Å². The molecule has 0 bridgehead atoms. The van der Waals surface area contributed by atoms with Crippen molar-refractivity contribution >= 4 is 20.3 Å². The second-order valence-corrected chi connectivity index (χ2v) is 9.74. The molecule has 8 nitrogen and oxygen atoms in total. The Balaban J connectivity index is 1.83. The molecule has 0 aromatic heterocycles. The molecular formula is C16H26N2O6S2. The highest BCUT2D eigenvalue weighted by atomic mass is 32.2. The van der Waals surface area contributed by atoms with Crippen LogP contribution in [-0.4, -0.2) is 60.1 Å². The zero-order chi connectivity index (χ0) is 19.4. The molecule has 1 aliphatic heterocycles. The van der Waals surface area contributed by atoms with E-state index in [1.165, 1.54) is 23.5 Å². The van der Waals surface area contributed by atoms with Gasteiger partial charge in [-0.05, 0) is 31.9 Å². The maximum absolute atomic E-state index is 12.2. The largest absolute Gasteiger partial charge is 0.374 e. The first-order chi connectivity index (χ1) is 12.1. The molecule has 10 heteroatoms. The summed E-state index contributed by atoms with van der Waals surface area (Å²) in [5.41, 5.74) is 0.960. The third-order valence-electron chi connectivity index (χ3n) is 4.26. The fraction of sp³-hybridized carbons (Fsp3) is 0.625. The predicted octanol–water partition coefficient (Wildman–Crippen LogP) is 1.03. The van der Waals surface area contributed by atoms with Crippen molar-refractivity contribution in [1.82, 2.24) is 9.03 Å². The number of nitrogens with zero attached hydrogens (tertiary/aromatic N) is 1. The molecule has 1 heterocycles. The summed E-state index contributed by atoms with van der Waals surface area (Å²) in [4.78, 5) is 0.104. The van der Waals surface area contributed by atoms with Gasteiger partial charge in [0.25, 0.3) is 20.3 Å². The lowest BCUT2D eigenvalue weighted by atomic mass is 10.1. The zero-order valence-corrected chi connectivity index (χ0v) is 16.8.